The van der Waals surface area contributed by atoms with Crippen LogP contribution in [0, 0.1) is 6.92 Å². The predicted octanol–water partition coefficient (Wildman–Crippen LogP) is 1.66. The normalized spacial score (nSPS) is 10.3. The van der Waals surface area contributed by atoms with Gasteiger partial charge in [0.2, 0.25) is 11.6 Å². The van der Waals surface area contributed by atoms with Crippen molar-refractivity contribution in [2.75, 3.05) is 14.2 Å². The van der Waals surface area contributed by atoms with Gasteiger partial charge >= 0.3 is 0 Å². The lowest BCUT2D eigenvalue weighted by Gasteiger charge is -2.15. The summed E-state index contributed by atoms with van der Waals surface area (Å²) in [6, 6.07) is 7.03. The highest BCUT2D eigenvalue weighted by molar-refractivity contribution is 5.91. The molecule has 6 heteroatoms. The van der Waals surface area contributed by atoms with Gasteiger partial charge < -0.3 is 14.2 Å². The van der Waals surface area contributed by atoms with Crippen molar-refractivity contribution in [2.24, 2.45) is 0 Å². The van der Waals surface area contributed by atoms with Crippen LogP contribution in [0.3, 0.4) is 0 Å². The molecule has 19 heavy (non-hydrogen) atoms. The molecule has 6 nitrogen and oxygen atoms in total. The standard InChI is InChI=1S/C13H15N3O3/c1-9-7-11(19-15-9)13(17)16(2)8-10-5-4-6-12(14-10)18-3/h4-7H,8H2,1-3H3. The molecule has 0 bridgehead atoms. The van der Waals surface area contributed by atoms with Gasteiger partial charge in [0, 0.05) is 19.2 Å². The number of hydrogen-bond donors (Lipinski definition) is 0. The number of carbonyl (C=O) groups is 1. The molecule has 0 saturated carbocycles. The second kappa shape index (κ2) is 5.51. The van der Waals surface area contributed by atoms with Gasteiger partial charge in [-0.1, -0.05) is 11.2 Å². The van der Waals surface area contributed by atoms with Crippen LogP contribution in [0.15, 0.2) is 28.8 Å². The van der Waals surface area contributed by atoms with Gasteiger partial charge in [0.1, 0.15) is 0 Å². The fourth-order valence-electron chi connectivity index (χ4n) is 1.63. The lowest BCUT2D eigenvalue weighted by Crippen LogP contribution is -2.26. The predicted molar refractivity (Wildman–Crippen MR) is 67.8 cm³/mol. The number of nitrogens with zero attached hydrogens (tertiary/aromatic N) is 3. The third-order valence-electron chi connectivity index (χ3n) is 2.57. The van der Waals surface area contributed by atoms with Crippen molar-refractivity contribution in [1.82, 2.24) is 15.0 Å². The van der Waals surface area contributed by atoms with Crippen LogP contribution < -0.4 is 4.74 Å². The van der Waals surface area contributed by atoms with Gasteiger partial charge in [0.15, 0.2) is 0 Å². The summed E-state index contributed by atoms with van der Waals surface area (Å²) in [5.74, 6) is 0.516. The van der Waals surface area contributed by atoms with Gasteiger partial charge in [0.25, 0.3) is 5.91 Å². The first kappa shape index (κ1) is 13.1. The Morgan fingerprint density at radius 3 is 2.89 bits per heavy atom. The van der Waals surface area contributed by atoms with Crippen LogP contribution in [0.4, 0.5) is 0 Å². The monoisotopic (exact) mass is 261 g/mol. The molecule has 0 atom stereocenters. The van der Waals surface area contributed by atoms with Gasteiger partial charge in [-0.15, -0.1) is 0 Å². The molecule has 0 aliphatic heterocycles. The summed E-state index contributed by atoms with van der Waals surface area (Å²) in [6.45, 7) is 2.14. The third-order valence-corrected chi connectivity index (χ3v) is 2.57. The van der Waals surface area contributed by atoms with E-state index in [1.807, 2.05) is 12.1 Å². The van der Waals surface area contributed by atoms with E-state index in [2.05, 4.69) is 10.1 Å². The molecule has 2 aromatic heterocycles. The maximum Gasteiger partial charge on any atom is 0.292 e. The van der Waals surface area contributed by atoms with Crippen LogP contribution in [0.5, 0.6) is 5.88 Å². The average Bonchev–Trinajstić information content (AvgIpc) is 2.84. The average molecular weight is 261 g/mol. The van der Waals surface area contributed by atoms with Crippen LogP contribution in [0.1, 0.15) is 21.9 Å². The Kier molecular flexibility index (Phi) is 3.79. The first-order chi connectivity index (χ1) is 9.10. The number of aromatic nitrogens is 2. The minimum Gasteiger partial charge on any atom is -0.481 e. The maximum atomic E-state index is 12.0. The van der Waals surface area contributed by atoms with Crippen molar-refractivity contribution in [3.63, 3.8) is 0 Å². The minimum atomic E-state index is -0.231. The Balaban J connectivity index is 2.07. The Morgan fingerprint density at radius 2 is 2.26 bits per heavy atom. The molecule has 0 fully saturated rings. The SMILES string of the molecule is COc1cccc(CN(C)C(=O)c2cc(C)no2)n1. The zero-order valence-electron chi connectivity index (χ0n) is 11.1. The molecule has 0 radical (unpaired) electrons. The Hall–Kier alpha value is -2.37. The Morgan fingerprint density at radius 1 is 1.47 bits per heavy atom. The fourth-order valence-corrected chi connectivity index (χ4v) is 1.63. The molecule has 0 aromatic carbocycles. The van der Waals surface area contributed by atoms with Crippen molar-refractivity contribution in [3.05, 3.63) is 41.4 Å². The first-order valence-electron chi connectivity index (χ1n) is 5.79. The lowest BCUT2D eigenvalue weighted by atomic mass is 10.3. The number of methoxy groups -OCH3 is 1. The largest absolute Gasteiger partial charge is 0.481 e. The van der Waals surface area contributed by atoms with E-state index in [0.717, 1.165) is 5.69 Å². The highest BCUT2D eigenvalue weighted by Gasteiger charge is 2.17. The maximum absolute atomic E-state index is 12.0. The number of amides is 1. The molecule has 2 aromatic rings. The van der Waals surface area contributed by atoms with Crippen LogP contribution in [0.2, 0.25) is 0 Å². The number of hydrogen-bond acceptors (Lipinski definition) is 5. The summed E-state index contributed by atoms with van der Waals surface area (Å²) in [4.78, 5) is 17.8. The van der Waals surface area contributed by atoms with Crippen molar-refractivity contribution in [2.45, 2.75) is 13.5 Å². The molecule has 1 amide bonds. The molecule has 0 saturated heterocycles. The van der Waals surface area contributed by atoms with Gasteiger partial charge in [-0.3, -0.25) is 4.79 Å². The Bertz CT molecular complexity index is 580. The lowest BCUT2D eigenvalue weighted by molar-refractivity contribution is 0.0741. The van der Waals surface area contributed by atoms with Crippen molar-refractivity contribution in [3.8, 4) is 5.88 Å². The highest BCUT2D eigenvalue weighted by atomic mass is 16.5. The zero-order valence-corrected chi connectivity index (χ0v) is 11.1. The second-order valence-corrected chi connectivity index (χ2v) is 4.17. The summed E-state index contributed by atoms with van der Waals surface area (Å²) >= 11 is 0. The van der Waals surface area contributed by atoms with Crippen LogP contribution >= 0.6 is 0 Å². The van der Waals surface area contributed by atoms with E-state index < -0.39 is 0 Å². The summed E-state index contributed by atoms with van der Waals surface area (Å²) < 4.78 is 9.99. The first-order valence-corrected chi connectivity index (χ1v) is 5.79. The molecule has 100 valence electrons. The van der Waals surface area contributed by atoms with Gasteiger partial charge in [-0.05, 0) is 13.0 Å². The molecule has 0 unspecified atom stereocenters. The Labute approximate surface area is 111 Å². The number of carbonyl (C=O) groups excluding carboxylic acids is 1. The van der Waals surface area contributed by atoms with Crippen molar-refractivity contribution >= 4 is 5.91 Å². The molecule has 0 aliphatic carbocycles. The van der Waals surface area contributed by atoms with Gasteiger partial charge in [0.05, 0.1) is 25.0 Å². The van der Waals surface area contributed by atoms with E-state index in [4.69, 9.17) is 9.26 Å². The quantitative estimate of drug-likeness (QED) is 0.837. The topological polar surface area (TPSA) is 68.5 Å². The van der Waals surface area contributed by atoms with E-state index in [1.165, 1.54) is 4.90 Å². The molecular weight excluding hydrogens is 246 g/mol. The van der Waals surface area contributed by atoms with Crippen LogP contribution in [-0.4, -0.2) is 35.1 Å². The number of pyridine rings is 1. The number of ether oxygens (including phenoxy) is 1. The van der Waals surface area contributed by atoms with Gasteiger partial charge in [-0.2, -0.15) is 0 Å². The zero-order chi connectivity index (χ0) is 13.8. The molecule has 2 heterocycles. The number of rotatable bonds is 4. The van der Waals surface area contributed by atoms with E-state index in [0.29, 0.717) is 18.1 Å². The van der Waals surface area contributed by atoms with Crippen LogP contribution in [0.25, 0.3) is 0 Å². The summed E-state index contributed by atoms with van der Waals surface area (Å²) in [5.41, 5.74) is 1.42. The smallest absolute Gasteiger partial charge is 0.292 e. The van der Waals surface area contributed by atoms with Crippen molar-refractivity contribution < 1.29 is 14.1 Å². The van der Waals surface area contributed by atoms with Gasteiger partial charge in [-0.25, -0.2) is 4.98 Å². The minimum absolute atomic E-state index is 0.225. The highest BCUT2D eigenvalue weighted by Crippen LogP contribution is 2.11. The summed E-state index contributed by atoms with van der Waals surface area (Å²) in [6.07, 6.45) is 0. The van der Waals surface area contributed by atoms with E-state index >= 15 is 0 Å². The molecule has 0 spiro atoms. The summed E-state index contributed by atoms with van der Waals surface area (Å²) in [7, 11) is 3.24. The van der Waals surface area contributed by atoms with E-state index in [1.54, 1.807) is 33.2 Å². The third kappa shape index (κ3) is 3.09. The van der Waals surface area contributed by atoms with E-state index in [-0.39, 0.29) is 11.7 Å². The molecule has 2 rings (SSSR count). The molecule has 0 aliphatic rings. The number of aryl methyl sites for hydroxylation is 1. The molecular formula is C13H15N3O3. The van der Waals surface area contributed by atoms with Crippen LogP contribution in [-0.2, 0) is 6.54 Å². The summed E-state index contributed by atoms with van der Waals surface area (Å²) in [5, 5.41) is 3.70. The second-order valence-electron chi connectivity index (χ2n) is 4.17. The van der Waals surface area contributed by atoms with Crippen molar-refractivity contribution in [1.29, 1.82) is 0 Å². The van der Waals surface area contributed by atoms with E-state index in [9.17, 15) is 4.79 Å². The fraction of sp³-hybridized carbons (Fsp3) is 0.308. The molecule has 0 N–H and O–H groups in total.